The first-order valence-electron chi connectivity index (χ1n) is 19.1. The average molecular weight is 732 g/mol. The molecule has 5 heteroatoms. The van der Waals surface area contributed by atoms with Gasteiger partial charge in [0.2, 0.25) is 0 Å². The van der Waals surface area contributed by atoms with Crippen molar-refractivity contribution in [1.29, 1.82) is 0 Å². The van der Waals surface area contributed by atoms with Gasteiger partial charge in [-0.3, -0.25) is 0 Å². The monoisotopic (exact) mass is 731 g/mol. The predicted octanol–water partition coefficient (Wildman–Crippen LogP) is 12.8. The first-order valence-corrected chi connectivity index (χ1v) is 19.1. The molecule has 0 unspecified atom stereocenters. The van der Waals surface area contributed by atoms with E-state index in [-0.39, 0.29) is 0 Å². The number of aromatic nitrogens is 3. The molecular weight excluding hydrogens is 699 g/mol. The van der Waals surface area contributed by atoms with Gasteiger partial charge in [-0.25, -0.2) is 15.0 Å². The van der Waals surface area contributed by atoms with Gasteiger partial charge in [0.05, 0.1) is 5.41 Å². The zero-order chi connectivity index (χ0) is 37.8. The van der Waals surface area contributed by atoms with Crippen LogP contribution in [0.4, 0.5) is 0 Å². The molecule has 9 aromatic rings. The molecular formula is C52H33N3O2. The van der Waals surface area contributed by atoms with Gasteiger partial charge in [0.25, 0.3) is 0 Å². The fraction of sp³-hybridized carbons (Fsp3) is 0.0192. The molecule has 1 aliphatic heterocycles. The molecule has 57 heavy (non-hydrogen) atoms. The molecule has 8 aromatic carbocycles. The fourth-order valence-electron chi connectivity index (χ4n) is 8.59. The lowest BCUT2D eigenvalue weighted by atomic mass is 9.67. The number of fused-ring (bicyclic) bond motifs is 5. The van der Waals surface area contributed by atoms with Crippen molar-refractivity contribution in [3.05, 3.63) is 222 Å². The number of ether oxygens (including phenoxy) is 2. The molecule has 2 aliphatic rings. The predicted molar refractivity (Wildman–Crippen MR) is 225 cm³/mol. The van der Waals surface area contributed by atoms with Gasteiger partial charge in [-0.05, 0) is 57.1 Å². The lowest BCUT2D eigenvalue weighted by molar-refractivity contribution is 0.360. The minimum absolute atomic E-state index is 0.546. The third-order valence-electron chi connectivity index (χ3n) is 11.1. The molecule has 0 N–H and O–H groups in total. The molecule has 1 aliphatic carbocycles. The molecule has 1 aromatic heterocycles. The molecule has 0 amide bonds. The van der Waals surface area contributed by atoms with E-state index in [2.05, 4.69) is 115 Å². The quantitative estimate of drug-likeness (QED) is 0.170. The van der Waals surface area contributed by atoms with E-state index in [0.29, 0.717) is 40.5 Å². The summed E-state index contributed by atoms with van der Waals surface area (Å²) in [7, 11) is 0. The van der Waals surface area contributed by atoms with Crippen LogP contribution in [-0.2, 0) is 5.41 Å². The number of hydrogen-bond acceptors (Lipinski definition) is 5. The molecule has 0 saturated carbocycles. The Bertz CT molecular complexity index is 2850. The smallest absolute Gasteiger partial charge is 0.177 e. The van der Waals surface area contributed by atoms with Crippen molar-refractivity contribution in [1.82, 2.24) is 15.0 Å². The number of benzene rings is 8. The fourth-order valence-corrected chi connectivity index (χ4v) is 8.59. The summed E-state index contributed by atoms with van der Waals surface area (Å²) in [6, 6.07) is 68.9. The molecule has 0 bridgehead atoms. The van der Waals surface area contributed by atoms with Crippen molar-refractivity contribution < 1.29 is 9.47 Å². The number of hydrogen-bond donors (Lipinski definition) is 0. The van der Waals surface area contributed by atoms with E-state index in [1.54, 1.807) is 0 Å². The maximum absolute atomic E-state index is 6.98. The van der Waals surface area contributed by atoms with Gasteiger partial charge in [0.1, 0.15) is 0 Å². The van der Waals surface area contributed by atoms with Crippen LogP contribution in [0, 0.1) is 0 Å². The van der Waals surface area contributed by atoms with E-state index in [1.165, 1.54) is 22.3 Å². The van der Waals surface area contributed by atoms with Crippen LogP contribution in [0.2, 0.25) is 0 Å². The summed E-state index contributed by atoms with van der Waals surface area (Å²) in [5.41, 5.74) is 11.0. The second-order valence-corrected chi connectivity index (χ2v) is 14.3. The van der Waals surface area contributed by atoms with Crippen LogP contribution in [0.3, 0.4) is 0 Å². The Balaban J connectivity index is 1.06. The first kappa shape index (κ1) is 32.8. The van der Waals surface area contributed by atoms with Crippen LogP contribution in [0.1, 0.15) is 22.3 Å². The highest BCUT2D eigenvalue weighted by molar-refractivity contribution is 5.90. The summed E-state index contributed by atoms with van der Waals surface area (Å²) >= 11 is 0. The molecule has 0 saturated heterocycles. The summed E-state index contributed by atoms with van der Waals surface area (Å²) in [6.45, 7) is 0. The minimum atomic E-state index is -0.546. The summed E-state index contributed by atoms with van der Waals surface area (Å²) in [4.78, 5) is 15.1. The summed E-state index contributed by atoms with van der Waals surface area (Å²) < 4.78 is 13.8. The topological polar surface area (TPSA) is 57.1 Å². The van der Waals surface area contributed by atoms with E-state index in [0.717, 1.165) is 38.9 Å². The van der Waals surface area contributed by atoms with Crippen LogP contribution in [0.15, 0.2) is 200 Å². The second-order valence-electron chi connectivity index (χ2n) is 14.3. The van der Waals surface area contributed by atoms with Crippen molar-refractivity contribution in [2.75, 3.05) is 0 Å². The van der Waals surface area contributed by atoms with E-state index < -0.39 is 5.41 Å². The molecule has 268 valence electrons. The highest BCUT2D eigenvalue weighted by Gasteiger charge is 2.47. The van der Waals surface area contributed by atoms with Gasteiger partial charge in [-0.1, -0.05) is 182 Å². The second kappa shape index (κ2) is 13.3. The van der Waals surface area contributed by atoms with Crippen LogP contribution in [0.5, 0.6) is 23.0 Å². The molecule has 0 spiro atoms. The van der Waals surface area contributed by atoms with Crippen molar-refractivity contribution in [3.8, 4) is 79.4 Å². The van der Waals surface area contributed by atoms with Gasteiger partial charge >= 0.3 is 0 Å². The highest BCUT2D eigenvalue weighted by atomic mass is 16.6. The lowest BCUT2D eigenvalue weighted by Crippen LogP contribution is -2.28. The van der Waals surface area contributed by atoms with E-state index >= 15 is 0 Å². The Labute approximate surface area is 330 Å². The summed E-state index contributed by atoms with van der Waals surface area (Å²) in [5, 5.41) is 0. The normalized spacial score (nSPS) is 13.0. The van der Waals surface area contributed by atoms with Crippen molar-refractivity contribution >= 4 is 0 Å². The average Bonchev–Trinajstić information content (AvgIpc) is 3.58. The Morgan fingerprint density at radius 1 is 0.316 bits per heavy atom. The molecule has 2 heterocycles. The third-order valence-corrected chi connectivity index (χ3v) is 11.1. The van der Waals surface area contributed by atoms with Gasteiger partial charge in [0.15, 0.2) is 40.5 Å². The number of nitrogens with zero attached hydrogens (tertiary/aromatic N) is 3. The maximum atomic E-state index is 6.98. The first-order chi connectivity index (χ1) is 28.3. The maximum Gasteiger partial charge on any atom is 0.177 e. The Kier molecular flexibility index (Phi) is 7.64. The van der Waals surface area contributed by atoms with Crippen molar-refractivity contribution in [2.45, 2.75) is 5.41 Å². The van der Waals surface area contributed by atoms with Gasteiger partial charge in [0, 0.05) is 22.3 Å². The van der Waals surface area contributed by atoms with Crippen molar-refractivity contribution in [2.24, 2.45) is 0 Å². The van der Waals surface area contributed by atoms with Crippen LogP contribution >= 0.6 is 0 Å². The molecule has 5 nitrogen and oxygen atoms in total. The Morgan fingerprint density at radius 3 is 1.44 bits per heavy atom. The lowest BCUT2D eigenvalue weighted by Gasteiger charge is -2.34. The van der Waals surface area contributed by atoms with E-state index in [9.17, 15) is 0 Å². The zero-order valence-corrected chi connectivity index (χ0v) is 30.7. The number of rotatable bonds is 6. The highest BCUT2D eigenvalue weighted by Crippen LogP contribution is 2.60. The Hall–Kier alpha value is -7.63. The zero-order valence-electron chi connectivity index (χ0n) is 30.7. The van der Waals surface area contributed by atoms with Crippen LogP contribution < -0.4 is 9.47 Å². The molecule has 0 atom stereocenters. The largest absolute Gasteiger partial charge is 0.449 e. The Morgan fingerprint density at radius 2 is 0.807 bits per heavy atom. The third kappa shape index (κ3) is 5.28. The van der Waals surface area contributed by atoms with Gasteiger partial charge in [-0.15, -0.1) is 0 Å². The van der Waals surface area contributed by atoms with Crippen molar-refractivity contribution in [3.63, 3.8) is 0 Å². The van der Waals surface area contributed by atoms with Gasteiger partial charge in [-0.2, -0.15) is 0 Å². The molecule has 11 rings (SSSR count). The van der Waals surface area contributed by atoms with Crippen LogP contribution in [-0.4, -0.2) is 15.0 Å². The van der Waals surface area contributed by atoms with Gasteiger partial charge < -0.3 is 9.47 Å². The van der Waals surface area contributed by atoms with Crippen LogP contribution in [0.25, 0.3) is 56.4 Å². The standard InChI is InChI=1S/C52H33N3O2/c1-5-18-34(19-6-1)49-53-50(35-20-7-2-8-21-35)55-51(54-49)41-28-14-13-26-38(41)40-29-17-31-45-48(40)57-46-32-42-39-27-15-16-30-43(39)52(36-22-9-3-10-23-36,37-24-11-4-12-25-37)44(42)33-47(46)56-45/h1-33H. The van der Waals surface area contributed by atoms with E-state index in [4.69, 9.17) is 24.4 Å². The number of para-hydroxylation sites is 1. The molecule has 0 radical (unpaired) electrons. The SMILES string of the molecule is c1ccc(-c2nc(-c3ccccc3)nc(-c3ccccc3-c3cccc4c3Oc3cc5c(cc3O4)C(c3ccccc3)(c3ccccc3)c3ccccc3-5)n2)cc1. The van der Waals surface area contributed by atoms with E-state index in [1.807, 2.05) is 84.9 Å². The molecule has 0 fully saturated rings. The summed E-state index contributed by atoms with van der Waals surface area (Å²) in [5.74, 6) is 4.40. The minimum Gasteiger partial charge on any atom is -0.449 e. The summed E-state index contributed by atoms with van der Waals surface area (Å²) in [6.07, 6.45) is 0.